The maximum Gasteiger partial charge on any atom is 0.271 e. The average molecular weight is 305 g/mol. The lowest BCUT2D eigenvalue weighted by atomic mass is 10.2. The van der Waals surface area contributed by atoms with Crippen LogP contribution in [0.3, 0.4) is 0 Å². The minimum absolute atomic E-state index is 0.136. The van der Waals surface area contributed by atoms with Crippen LogP contribution in [-0.2, 0) is 0 Å². The monoisotopic (exact) mass is 305 g/mol. The van der Waals surface area contributed by atoms with E-state index in [0.717, 1.165) is 56.2 Å². The predicted molar refractivity (Wildman–Crippen MR) is 81.8 cm³/mol. The Kier molecular flexibility index (Phi) is 3.40. The van der Waals surface area contributed by atoms with Crippen LogP contribution in [0.5, 0.6) is 0 Å². The third-order valence-electron chi connectivity index (χ3n) is 4.49. The fourth-order valence-corrected chi connectivity index (χ4v) is 4.14. The van der Waals surface area contributed by atoms with E-state index in [-0.39, 0.29) is 5.91 Å². The van der Waals surface area contributed by atoms with Gasteiger partial charge in [-0.1, -0.05) is 0 Å². The van der Waals surface area contributed by atoms with E-state index < -0.39 is 0 Å². The van der Waals surface area contributed by atoms with Gasteiger partial charge in [-0.15, -0.1) is 11.3 Å². The van der Waals surface area contributed by atoms with Crippen LogP contribution in [0, 0.1) is 0 Å². The van der Waals surface area contributed by atoms with E-state index >= 15 is 0 Å². The molecule has 1 N–H and O–H groups in total. The standard InChI is InChI=1S/C14H19N5OS/c20-14(12-9-21-13-7-16-10-19(12)13)18-4-1-11(8-18)17-5-2-15-3-6-17/h7,9-11,15H,1-6,8H2. The first-order valence-electron chi connectivity index (χ1n) is 7.46. The van der Waals surface area contributed by atoms with Crippen molar-refractivity contribution in [3.05, 3.63) is 23.6 Å². The van der Waals surface area contributed by atoms with Gasteiger partial charge in [-0.3, -0.25) is 14.1 Å². The summed E-state index contributed by atoms with van der Waals surface area (Å²) in [4.78, 5) is 22.3. The number of nitrogens with one attached hydrogen (secondary N) is 1. The molecule has 21 heavy (non-hydrogen) atoms. The number of carbonyl (C=O) groups is 1. The van der Waals surface area contributed by atoms with E-state index in [2.05, 4.69) is 15.2 Å². The Morgan fingerprint density at radius 3 is 3.05 bits per heavy atom. The Morgan fingerprint density at radius 2 is 2.19 bits per heavy atom. The molecule has 0 aromatic carbocycles. The highest BCUT2D eigenvalue weighted by Gasteiger charge is 2.32. The van der Waals surface area contributed by atoms with E-state index in [1.54, 1.807) is 23.9 Å². The first-order valence-corrected chi connectivity index (χ1v) is 8.34. The Labute approximate surface area is 127 Å². The molecule has 4 heterocycles. The lowest BCUT2D eigenvalue weighted by Crippen LogP contribution is -2.49. The number of piperazine rings is 1. The lowest BCUT2D eigenvalue weighted by Gasteiger charge is -2.32. The summed E-state index contributed by atoms with van der Waals surface area (Å²) < 4.78 is 1.89. The Balaban J connectivity index is 1.47. The molecule has 0 spiro atoms. The summed E-state index contributed by atoms with van der Waals surface area (Å²) in [5, 5.41) is 5.32. The summed E-state index contributed by atoms with van der Waals surface area (Å²) in [6.45, 7) is 6.02. The summed E-state index contributed by atoms with van der Waals surface area (Å²) in [5.41, 5.74) is 0.744. The van der Waals surface area contributed by atoms with Gasteiger partial charge in [0.05, 0.1) is 6.20 Å². The molecule has 7 heteroatoms. The van der Waals surface area contributed by atoms with Crippen molar-refractivity contribution >= 4 is 22.1 Å². The largest absolute Gasteiger partial charge is 0.336 e. The number of thiazole rings is 1. The van der Waals surface area contributed by atoms with Gasteiger partial charge in [0.1, 0.15) is 16.9 Å². The summed E-state index contributed by atoms with van der Waals surface area (Å²) in [6.07, 6.45) is 4.61. The zero-order valence-corrected chi connectivity index (χ0v) is 12.7. The highest BCUT2D eigenvalue weighted by atomic mass is 32.1. The van der Waals surface area contributed by atoms with Crippen molar-refractivity contribution in [2.24, 2.45) is 0 Å². The second kappa shape index (κ2) is 5.40. The Hall–Kier alpha value is -1.44. The molecule has 2 aromatic rings. The van der Waals surface area contributed by atoms with Crippen molar-refractivity contribution in [1.82, 2.24) is 24.5 Å². The molecule has 2 aliphatic rings. The molecular weight excluding hydrogens is 286 g/mol. The SMILES string of the molecule is O=C(c1csc2cncn12)N1CCC(N2CCNCC2)C1. The highest BCUT2D eigenvalue weighted by Crippen LogP contribution is 2.21. The van der Waals surface area contributed by atoms with Crippen LogP contribution in [-0.4, -0.2) is 70.4 Å². The zero-order chi connectivity index (χ0) is 14.2. The number of aromatic nitrogens is 2. The molecule has 0 aliphatic carbocycles. The molecule has 2 fully saturated rings. The van der Waals surface area contributed by atoms with Crippen molar-refractivity contribution in [2.45, 2.75) is 12.5 Å². The Morgan fingerprint density at radius 1 is 1.33 bits per heavy atom. The quantitative estimate of drug-likeness (QED) is 0.879. The van der Waals surface area contributed by atoms with E-state index in [4.69, 9.17) is 0 Å². The maximum absolute atomic E-state index is 12.7. The van der Waals surface area contributed by atoms with Gasteiger partial charge in [-0.05, 0) is 6.42 Å². The number of hydrogen-bond acceptors (Lipinski definition) is 5. The number of rotatable bonds is 2. The van der Waals surface area contributed by atoms with Crippen LogP contribution in [0.2, 0.25) is 0 Å². The van der Waals surface area contributed by atoms with Crippen LogP contribution in [0.1, 0.15) is 16.9 Å². The van der Waals surface area contributed by atoms with E-state index in [1.165, 1.54) is 0 Å². The molecule has 2 aliphatic heterocycles. The van der Waals surface area contributed by atoms with Crippen LogP contribution in [0.4, 0.5) is 0 Å². The fourth-order valence-electron chi connectivity index (χ4n) is 3.31. The fraction of sp³-hybridized carbons (Fsp3) is 0.571. The molecule has 0 bridgehead atoms. The van der Waals surface area contributed by atoms with E-state index in [1.807, 2.05) is 14.7 Å². The lowest BCUT2D eigenvalue weighted by molar-refractivity contribution is 0.0767. The summed E-state index contributed by atoms with van der Waals surface area (Å²) in [6, 6.07) is 0.521. The Bertz CT molecular complexity index is 645. The molecule has 2 saturated heterocycles. The van der Waals surface area contributed by atoms with Crippen molar-refractivity contribution in [1.29, 1.82) is 0 Å². The van der Waals surface area contributed by atoms with E-state index in [0.29, 0.717) is 6.04 Å². The van der Waals surface area contributed by atoms with Crippen molar-refractivity contribution in [2.75, 3.05) is 39.3 Å². The maximum atomic E-state index is 12.7. The second-order valence-electron chi connectivity index (χ2n) is 5.70. The van der Waals surface area contributed by atoms with Gasteiger partial charge in [0.2, 0.25) is 0 Å². The number of carbonyl (C=O) groups excluding carboxylic acids is 1. The van der Waals surface area contributed by atoms with Gasteiger partial charge in [0, 0.05) is 50.7 Å². The number of amides is 1. The van der Waals surface area contributed by atoms with Gasteiger partial charge in [0.25, 0.3) is 5.91 Å². The number of likely N-dealkylation sites (tertiary alicyclic amines) is 1. The third kappa shape index (κ3) is 2.35. The number of hydrogen-bond donors (Lipinski definition) is 1. The first kappa shape index (κ1) is 13.2. The van der Waals surface area contributed by atoms with Gasteiger partial charge in [-0.25, -0.2) is 4.98 Å². The minimum atomic E-state index is 0.136. The minimum Gasteiger partial charge on any atom is -0.336 e. The summed E-state index contributed by atoms with van der Waals surface area (Å²) >= 11 is 1.57. The normalized spacial score (nSPS) is 24.0. The molecule has 112 valence electrons. The van der Waals surface area contributed by atoms with Crippen molar-refractivity contribution in [3.8, 4) is 0 Å². The molecule has 2 aromatic heterocycles. The van der Waals surface area contributed by atoms with Crippen LogP contribution in [0.25, 0.3) is 4.83 Å². The molecule has 0 radical (unpaired) electrons. The average Bonchev–Trinajstić information content (AvgIpc) is 3.23. The highest BCUT2D eigenvalue weighted by molar-refractivity contribution is 7.15. The zero-order valence-electron chi connectivity index (χ0n) is 11.9. The molecule has 1 atom stereocenters. The molecular formula is C14H19N5OS. The third-order valence-corrected chi connectivity index (χ3v) is 5.38. The topological polar surface area (TPSA) is 52.9 Å². The summed E-state index contributed by atoms with van der Waals surface area (Å²) in [7, 11) is 0. The molecule has 1 amide bonds. The number of fused-ring (bicyclic) bond motifs is 1. The van der Waals surface area contributed by atoms with Crippen LogP contribution >= 0.6 is 11.3 Å². The van der Waals surface area contributed by atoms with Gasteiger partial charge in [-0.2, -0.15) is 0 Å². The second-order valence-corrected chi connectivity index (χ2v) is 6.59. The van der Waals surface area contributed by atoms with Crippen LogP contribution in [0.15, 0.2) is 17.9 Å². The van der Waals surface area contributed by atoms with Gasteiger partial charge < -0.3 is 10.2 Å². The molecule has 1 unspecified atom stereocenters. The van der Waals surface area contributed by atoms with Gasteiger partial charge >= 0.3 is 0 Å². The number of nitrogens with zero attached hydrogens (tertiary/aromatic N) is 4. The smallest absolute Gasteiger partial charge is 0.271 e. The number of imidazole rings is 1. The van der Waals surface area contributed by atoms with E-state index in [9.17, 15) is 4.79 Å². The molecule has 0 saturated carbocycles. The molecule has 4 rings (SSSR count). The first-order chi connectivity index (χ1) is 10.3. The van der Waals surface area contributed by atoms with Crippen molar-refractivity contribution in [3.63, 3.8) is 0 Å². The van der Waals surface area contributed by atoms with Gasteiger partial charge in [0.15, 0.2) is 0 Å². The predicted octanol–water partition coefficient (Wildman–Crippen LogP) is 0.515. The molecule has 6 nitrogen and oxygen atoms in total. The summed E-state index contributed by atoms with van der Waals surface area (Å²) in [5.74, 6) is 0.136. The van der Waals surface area contributed by atoms with Crippen LogP contribution < -0.4 is 5.32 Å². The van der Waals surface area contributed by atoms with Crippen molar-refractivity contribution < 1.29 is 4.79 Å².